The summed E-state index contributed by atoms with van der Waals surface area (Å²) >= 11 is 12.0. The SMILES string of the molecule is COc1ccc(CN(C(=O)CN(c2ccc(Cl)c(Cl)c2)S(C)(=O)=O)C(C)C(=O)NC(C)C)cc1. The van der Waals surface area contributed by atoms with Gasteiger partial charge in [0.2, 0.25) is 21.8 Å². The van der Waals surface area contributed by atoms with Crippen molar-refractivity contribution in [2.75, 3.05) is 24.2 Å². The van der Waals surface area contributed by atoms with E-state index in [4.69, 9.17) is 27.9 Å². The Morgan fingerprint density at radius 2 is 1.65 bits per heavy atom. The van der Waals surface area contributed by atoms with Gasteiger partial charge < -0.3 is 15.0 Å². The number of rotatable bonds is 10. The predicted molar refractivity (Wildman–Crippen MR) is 135 cm³/mol. The van der Waals surface area contributed by atoms with Crippen molar-refractivity contribution in [3.63, 3.8) is 0 Å². The number of anilines is 1. The molecule has 186 valence electrons. The second kappa shape index (κ2) is 11.8. The zero-order valence-corrected chi connectivity index (χ0v) is 22.0. The average molecular weight is 530 g/mol. The fourth-order valence-corrected chi connectivity index (χ4v) is 4.30. The summed E-state index contributed by atoms with van der Waals surface area (Å²) in [6.45, 7) is 4.80. The van der Waals surface area contributed by atoms with Crippen LogP contribution >= 0.6 is 23.2 Å². The molecule has 2 aromatic carbocycles. The lowest BCUT2D eigenvalue weighted by Crippen LogP contribution is -2.52. The highest BCUT2D eigenvalue weighted by atomic mass is 35.5. The third-order valence-corrected chi connectivity index (χ3v) is 6.86. The number of methoxy groups -OCH3 is 1. The number of hydrogen-bond acceptors (Lipinski definition) is 5. The summed E-state index contributed by atoms with van der Waals surface area (Å²) in [5, 5.41) is 3.20. The molecule has 0 aliphatic carbocycles. The molecule has 0 saturated carbocycles. The highest BCUT2D eigenvalue weighted by Gasteiger charge is 2.30. The molecular formula is C23H29Cl2N3O5S. The van der Waals surface area contributed by atoms with E-state index in [1.165, 1.54) is 23.1 Å². The second-order valence-electron chi connectivity index (χ2n) is 8.08. The van der Waals surface area contributed by atoms with E-state index >= 15 is 0 Å². The Kier molecular flexibility index (Phi) is 9.61. The summed E-state index contributed by atoms with van der Waals surface area (Å²) in [6, 6.07) is 10.4. The molecule has 0 aromatic heterocycles. The highest BCUT2D eigenvalue weighted by molar-refractivity contribution is 7.92. The summed E-state index contributed by atoms with van der Waals surface area (Å²) in [5.74, 6) is -0.258. The molecule has 0 bridgehead atoms. The smallest absolute Gasteiger partial charge is 0.244 e. The molecule has 0 fully saturated rings. The first-order chi connectivity index (χ1) is 15.8. The van der Waals surface area contributed by atoms with Crippen molar-refractivity contribution in [3.05, 3.63) is 58.1 Å². The van der Waals surface area contributed by atoms with Crippen molar-refractivity contribution < 1.29 is 22.7 Å². The van der Waals surface area contributed by atoms with Crippen molar-refractivity contribution in [2.24, 2.45) is 0 Å². The van der Waals surface area contributed by atoms with Gasteiger partial charge in [-0.25, -0.2) is 8.42 Å². The van der Waals surface area contributed by atoms with Crippen LogP contribution < -0.4 is 14.4 Å². The van der Waals surface area contributed by atoms with E-state index in [0.29, 0.717) is 5.75 Å². The van der Waals surface area contributed by atoms with Crippen LogP contribution in [0.4, 0.5) is 5.69 Å². The number of nitrogens with zero attached hydrogens (tertiary/aromatic N) is 2. The van der Waals surface area contributed by atoms with Crippen molar-refractivity contribution >= 4 is 50.7 Å². The van der Waals surface area contributed by atoms with Crippen LogP contribution in [0.25, 0.3) is 0 Å². The minimum Gasteiger partial charge on any atom is -0.497 e. The van der Waals surface area contributed by atoms with E-state index in [1.54, 1.807) is 38.3 Å². The maximum Gasteiger partial charge on any atom is 0.244 e. The van der Waals surface area contributed by atoms with Gasteiger partial charge >= 0.3 is 0 Å². The largest absolute Gasteiger partial charge is 0.497 e. The van der Waals surface area contributed by atoms with Crippen LogP contribution in [0.3, 0.4) is 0 Å². The average Bonchev–Trinajstić information content (AvgIpc) is 2.76. The number of amides is 2. The van der Waals surface area contributed by atoms with Crippen LogP contribution in [0.5, 0.6) is 5.75 Å². The van der Waals surface area contributed by atoms with Gasteiger partial charge in [-0.2, -0.15) is 0 Å². The van der Waals surface area contributed by atoms with Crippen molar-refractivity contribution in [3.8, 4) is 5.75 Å². The quantitative estimate of drug-likeness (QED) is 0.506. The van der Waals surface area contributed by atoms with E-state index in [-0.39, 0.29) is 34.2 Å². The molecule has 2 rings (SSSR count). The van der Waals surface area contributed by atoms with E-state index in [0.717, 1.165) is 16.1 Å². The third-order valence-electron chi connectivity index (χ3n) is 4.98. The number of sulfonamides is 1. The number of nitrogens with one attached hydrogen (secondary N) is 1. The van der Waals surface area contributed by atoms with Crippen molar-refractivity contribution in [2.45, 2.75) is 39.4 Å². The minimum atomic E-state index is -3.86. The molecular weight excluding hydrogens is 501 g/mol. The van der Waals surface area contributed by atoms with Gasteiger partial charge in [-0.1, -0.05) is 35.3 Å². The highest BCUT2D eigenvalue weighted by Crippen LogP contribution is 2.28. The first-order valence-corrected chi connectivity index (χ1v) is 13.1. The number of hydrogen-bond donors (Lipinski definition) is 1. The first-order valence-electron chi connectivity index (χ1n) is 10.5. The molecule has 0 aliphatic heterocycles. The number of ether oxygens (including phenoxy) is 1. The Balaban J connectivity index is 2.40. The van der Waals surface area contributed by atoms with E-state index in [1.807, 2.05) is 13.8 Å². The van der Waals surface area contributed by atoms with Crippen LogP contribution in [0.2, 0.25) is 10.0 Å². The molecule has 11 heteroatoms. The molecule has 2 aromatic rings. The third kappa shape index (κ3) is 7.51. The Morgan fingerprint density at radius 3 is 2.15 bits per heavy atom. The number of benzene rings is 2. The Hall–Kier alpha value is -2.49. The van der Waals surface area contributed by atoms with Crippen LogP contribution in [0, 0.1) is 0 Å². The molecule has 2 amide bonds. The Morgan fingerprint density at radius 1 is 1.03 bits per heavy atom. The zero-order chi connectivity index (χ0) is 25.6. The van der Waals surface area contributed by atoms with E-state index in [2.05, 4.69) is 5.32 Å². The summed E-state index contributed by atoms with van der Waals surface area (Å²) in [7, 11) is -2.31. The van der Waals surface area contributed by atoms with Crippen LogP contribution in [-0.4, -0.2) is 57.1 Å². The predicted octanol–water partition coefficient (Wildman–Crippen LogP) is 3.71. The lowest BCUT2D eigenvalue weighted by atomic mass is 10.1. The number of carbonyl (C=O) groups excluding carboxylic acids is 2. The van der Waals surface area contributed by atoms with Gasteiger partial charge in [0.15, 0.2) is 0 Å². The summed E-state index contributed by atoms with van der Waals surface area (Å²) in [6.07, 6.45) is 0.992. The fourth-order valence-electron chi connectivity index (χ4n) is 3.17. The first kappa shape index (κ1) is 27.8. The monoisotopic (exact) mass is 529 g/mol. The molecule has 1 unspecified atom stereocenters. The molecule has 0 radical (unpaired) electrons. The summed E-state index contributed by atoms with van der Waals surface area (Å²) in [5.41, 5.74) is 0.938. The summed E-state index contributed by atoms with van der Waals surface area (Å²) < 4.78 is 31.2. The lowest BCUT2D eigenvalue weighted by Gasteiger charge is -2.32. The number of halogens is 2. The van der Waals surface area contributed by atoms with Gasteiger partial charge in [0.05, 0.1) is 29.1 Å². The fraction of sp³-hybridized carbons (Fsp3) is 0.391. The lowest BCUT2D eigenvalue weighted by molar-refractivity contribution is -0.139. The van der Waals surface area contributed by atoms with Gasteiger partial charge in [0, 0.05) is 12.6 Å². The van der Waals surface area contributed by atoms with Gasteiger partial charge in [-0.15, -0.1) is 0 Å². The van der Waals surface area contributed by atoms with Crippen molar-refractivity contribution in [1.82, 2.24) is 10.2 Å². The van der Waals surface area contributed by atoms with Crippen molar-refractivity contribution in [1.29, 1.82) is 0 Å². The molecule has 1 N–H and O–H groups in total. The van der Waals surface area contributed by atoms with Crippen LogP contribution in [-0.2, 0) is 26.2 Å². The van der Waals surface area contributed by atoms with Gasteiger partial charge in [0.1, 0.15) is 18.3 Å². The molecule has 8 nitrogen and oxygen atoms in total. The minimum absolute atomic E-state index is 0.0918. The standard InChI is InChI=1S/C23H29Cl2N3O5S/c1-15(2)26-23(30)16(3)27(13-17-6-9-19(33-4)10-7-17)22(29)14-28(34(5,31)32)18-8-11-20(24)21(25)12-18/h6-12,15-16H,13-14H2,1-5H3,(H,26,30). The van der Waals surface area contributed by atoms with E-state index in [9.17, 15) is 18.0 Å². The Bertz CT molecular complexity index is 1120. The van der Waals surface area contributed by atoms with Gasteiger partial charge in [-0.3, -0.25) is 13.9 Å². The molecule has 1 atom stereocenters. The van der Waals surface area contributed by atoms with Crippen LogP contribution in [0.15, 0.2) is 42.5 Å². The summed E-state index contributed by atoms with van der Waals surface area (Å²) in [4.78, 5) is 27.5. The van der Waals surface area contributed by atoms with Gasteiger partial charge in [0.25, 0.3) is 0 Å². The second-order valence-corrected chi connectivity index (χ2v) is 10.8. The molecule has 34 heavy (non-hydrogen) atoms. The maximum atomic E-state index is 13.4. The Labute approximate surface area is 210 Å². The molecule has 0 heterocycles. The normalized spacial score (nSPS) is 12.2. The molecule has 0 saturated heterocycles. The molecule has 0 spiro atoms. The van der Waals surface area contributed by atoms with Crippen LogP contribution in [0.1, 0.15) is 26.3 Å². The van der Waals surface area contributed by atoms with E-state index < -0.39 is 28.5 Å². The molecule has 0 aliphatic rings. The topological polar surface area (TPSA) is 96.0 Å². The maximum absolute atomic E-state index is 13.4. The zero-order valence-electron chi connectivity index (χ0n) is 19.7. The number of carbonyl (C=O) groups is 2. The van der Waals surface area contributed by atoms with Gasteiger partial charge in [-0.05, 0) is 56.7 Å².